The highest BCUT2D eigenvalue weighted by Crippen LogP contribution is 2.33. The van der Waals surface area contributed by atoms with Gasteiger partial charge < -0.3 is 5.32 Å². The highest BCUT2D eigenvalue weighted by atomic mass is 32.2. The quantitative estimate of drug-likeness (QED) is 0.916. The van der Waals surface area contributed by atoms with E-state index >= 15 is 0 Å². The fourth-order valence-electron chi connectivity index (χ4n) is 2.20. The molecule has 0 saturated carbocycles. The molecule has 2 aromatic rings. The smallest absolute Gasteiger partial charge is 0.312 e. The summed E-state index contributed by atoms with van der Waals surface area (Å²) in [5, 5.41) is 4.32. The van der Waals surface area contributed by atoms with Crippen molar-refractivity contribution in [3.63, 3.8) is 0 Å². The third kappa shape index (κ3) is 3.10. The predicted molar refractivity (Wildman–Crippen MR) is 77.4 cm³/mol. The molecule has 0 amide bonds. The first-order valence-corrected chi connectivity index (χ1v) is 8.27. The molecule has 1 saturated heterocycles. The van der Waals surface area contributed by atoms with Crippen LogP contribution in [0.2, 0.25) is 0 Å². The molecule has 1 aromatic carbocycles. The van der Waals surface area contributed by atoms with Gasteiger partial charge in [0.2, 0.25) is 0 Å². The first-order chi connectivity index (χ1) is 9.52. The lowest BCUT2D eigenvalue weighted by molar-refractivity contribution is -0.137. The maximum Gasteiger partial charge on any atom is 0.416 e. The minimum atomic E-state index is -4.31. The van der Waals surface area contributed by atoms with Crippen LogP contribution in [0.5, 0.6) is 0 Å². The van der Waals surface area contributed by atoms with E-state index in [9.17, 15) is 13.2 Å². The minimum Gasteiger partial charge on any atom is -0.312 e. The summed E-state index contributed by atoms with van der Waals surface area (Å²) in [7, 11) is 0. The predicted octanol–water partition coefficient (Wildman–Crippen LogP) is 3.56. The molecule has 1 N–H and O–H groups in total. The van der Waals surface area contributed by atoms with Gasteiger partial charge >= 0.3 is 6.18 Å². The van der Waals surface area contributed by atoms with Gasteiger partial charge in [0.05, 0.1) is 20.8 Å². The van der Waals surface area contributed by atoms with Crippen LogP contribution in [-0.4, -0.2) is 29.1 Å². The van der Waals surface area contributed by atoms with Crippen LogP contribution in [-0.2, 0) is 12.6 Å². The van der Waals surface area contributed by atoms with Crippen LogP contribution in [0, 0.1) is 0 Å². The number of benzene rings is 1. The van der Waals surface area contributed by atoms with E-state index in [-0.39, 0.29) is 0 Å². The zero-order valence-corrected chi connectivity index (χ0v) is 12.2. The van der Waals surface area contributed by atoms with Crippen LogP contribution in [0.1, 0.15) is 10.6 Å². The van der Waals surface area contributed by atoms with Gasteiger partial charge in [-0.25, -0.2) is 4.98 Å². The van der Waals surface area contributed by atoms with E-state index in [0.29, 0.717) is 11.6 Å². The number of halogens is 3. The summed E-state index contributed by atoms with van der Waals surface area (Å²) in [6.07, 6.45) is -3.52. The summed E-state index contributed by atoms with van der Waals surface area (Å²) >= 11 is 3.38. The Morgan fingerprint density at radius 2 is 2.20 bits per heavy atom. The lowest BCUT2D eigenvalue weighted by atomic mass is 10.2. The monoisotopic (exact) mass is 318 g/mol. The normalized spacial score (nSPS) is 20.4. The van der Waals surface area contributed by atoms with Gasteiger partial charge in [0.15, 0.2) is 0 Å². The summed E-state index contributed by atoms with van der Waals surface area (Å²) in [5.41, 5.74) is -0.184. The molecule has 0 bridgehead atoms. The number of nitrogens with one attached hydrogen (secondary N) is 1. The maximum atomic E-state index is 12.7. The Bertz CT molecular complexity index is 603. The molecule has 2 heterocycles. The molecule has 0 aliphatic carbocycles. The van der Waals surface area contributed by atoms with Crippen molar-refractivity contribution in [1.29, 1.82) is 0 Å². The molecule has 1 aliphatic rings. The Labute approximate surface area is 122 Å². The number of thioether (sulfide) groups is 1. The zero-order chi connectivity index (χ0) is 14.2. The second-order valence-corrected chi connectivity index (χ2v) is 6.98. The number of hydrogen-bond acceptors (Lipinski definition) is 4. The summed E-state index contributed by atoms with van der Waals surface area (Å²) in [6.45, 7) is 0.985. The number of aromatic nitrogens is 1. The van der Waals surface area contributed by atoms with Gasteiger partial charge in [-0.15, -0.1) is 11.3 Å². The van der Waals surface area contributed by atoms with Gasteiger partial charge in [-0.05, 0) is 18.2 Å². The molecule has 2 nitrogen and oxygen atoms in total. The van der Waals surface area contributed by atoms with Gasteiger partial charge in [0.25, 0.3) is 0 Å². The molecule has 108 valence electrons. The minimum absolute atomic E-state index is 0.372. The van der Waals surface area contributed by atoms with E-state index in [1.165, 1.54) is 17.4 Å². The van der Waals surface area contributed by atoms with Gasteiger partial charge in [-0.3, -0.25) is 0 Å². The largest absolute Gasteiger partial charge is 0.416 e. The summed E-state index contributed by atoms with van der Waals surface area (Å²) in [6, 6.07) is 4.15. The van der Waals surface area contributed by atoms with Gasteiger partial charge in [0, 0.05) is 30.5 Å². The number of alkyl halides is 3. The molecular weight excluding hydrogens is 305 g/mol. The Balaban J connectivity index is 1.83. The van der Waals surface area contributed by atoms with Crippen molar-refractivity contribution in [2.45, 2.75) is 18.6 Å². The van der Waals surface area contributed by atoms with Crippen molar-refractivity contribution < 1.29 is 13.2 Å². The molecule has 0 spiro atoms. The van der Waals surface area contributed by atoms with E-state index < -0.39 is 11.7 Å². The van der Waals surface area contributed by atoms with Crippen molar-refractivity contribution >= 4 is 33.3 Å². The molecule has 1 unspecified atom stereocenters. The van der Waals surface area contributed by atoms with Gasteiger partial charge in [0.1, 0.15) is 0 Å². The fourth-order valence-corrected chi connectivity index (χ4v) is 4.18. The number of hydrogen-bond donors (Lipinski definition) is 1. The molecule has 1 aliphatic heterocycles. The van der Waals surface area contributed by atoms with Crippen LogP contribution in [0.4, 0.5) is 13.2 Å². The molecule has 1 aromatic heterocycles. The number of rotatable bonds is 2. The first-order valence-electron chi connectivity index (χ1n) is 6.30. The van der Waals surface area contributed by atoms with Crippen LogP contribution >= 0.6 is 23.1 Å². The lowest BCUT2D eigenvalue weighted by Gasteiger charge is -2.21. The molecule has 20 heavy (non-hydrogen) atoms. The van der Waals surface area contributed by atoms with Crippen molar-refractivity contribution in [2.75, 3.05) is 18.1 Å². The summed E-state index contributed by atoms with van der Waals surface area (Å²) in [4.78, 5) is 4.35. The molecule has 3 rings (SSSR count). The molecule has 0 radical (unpaired) electrons. The van der Waals surface area contributed by atoms with E-state index in [0.717, 1.165) is 46.3 Å². The standard InChI is InChI=1S/C13H13F3N2S2/c14-13(15,16)8-1-2-11-10(5-8)18-12(20-11)6-9-7-19-4-3-17-9/h1-2,5,9,17H,3-4,6-7H2. The summed E-state index contributed by atoms with van der Waals surface area (Å²) in [5.74, 6) is 2.15. The zero-order valence-electron chi connectivity index (χ0n) is 10.5. The molecule has 7 heteroatoms. The van der Waals surface area contributed by atoms with E-state index in [4.69, 9.17) is 0 Å². The topological polar surface area (TPSA) is 24.9 Å². The van der Waals surface area contributed by atoms with Crippen LogP contribution in [0.3, 0.4) is 0 Å². The van der Waals surface area contributed by atoms with Crippen LogP contribution in [0.25, 0.3) is 10.2 Å². The third-order valence-corrected chi connectivity index (χ3v) is 5.37. The molecule has 1 fully saturated rings. The van der Waals surface area contributed by atoms with Crippen LogP contribution in [0.15, 0.2) is 18.2 Å². The Morgan fingerprint density at radius 1 is 1.35 bits per heavy atom. The maximum absolute atomic E-state index is 12.7. The molecule has 1 atom stereocenters. The van der Waals surface area contributed by atoms with Crippen molar-refractivity contribution in [3.8, 4) is 0 Å². The average Bonchev–Trinajstić information content (AvgIpc) is 2.80. The Kier molecular flexibility index (Phi) is 3.92. The first kappa shape index (κ1) is 14.2. The van der Waals surface area contributed by atoms with Crippen molar-refractivity contribution in [3.05, 3.63) is 28.8 Å². The second-order valence-electron chi connectivity index (χ2n) is 4.72. The summed E-state index contributed by atoms with van der Waals surface area (Å²) < 4.78 is 38.8. The third-order valence-electron chi connectivity index (χ3n) is 3.18. The average molecular weight is 318 g/mol. The van der Waals surface area contributed by atoms with Crippen molar-refractivity contribution in [1.82, 2.24) is 10.3 Å². The number of fused-ring (bicyclic) bond motifs is 1. The second kappa shape index (κ2) is 5.54. The highest BCUT2D eigenvalue weighted by Gasteiger charge is 2.30. The Hall–Kier alpha value is -0.790. The number of thiazole rings is 1. The van der Waals surface area contributed by atoms with Gasteiger partial charge in [-0.2, -0.15) is 24.9 Å². The molecular formula is C13H13F3N2S2. The van der Waals surface area contributed by atoms with E-state index in [1.54, 1.807) is 0 Å². The van der Waals surface area contributed by atoms with Crippen LogP contribution < -0.4 is 5.32 Å². The lowest BCUT2D eigenvalue weighted by Crippen LogP contribution is -2.38. The highest BCUT2D eigenvalue weighted by molar-refractivity contribution is 7.99. The van der Waals surface area contributed by atoms with Crippen molar-refractivity contribution in [2.24, 2.45) is 0 Å². The van der Waals surface area contributed by atoms with Gasteiger partial charge in [-0.1, -0.05) is 0 Å². The number of nitrogens with zero attached hydrogens (tertiary/aromatic N) is 1. The SMILES string of the molecule is FC(F)(F)c1ccc2sc(CC3CSCCN3)nc2c1. The Morgan fingerprint density at radius 3 is 2.90 bits per heavy atom. The van der Waals surface area contributed by atoms with E-state index in [2.05, 4.69) is 10.3 Å². The van der Waals surface area contributed by atoms with E-state index in [1.807, 2.05) is 11.8 Å². The fraction of sp³-hybridized carbons (Fsp3) is 0.462.